The van der Waals surface area contributed by atoms with E-state index < -0.39 is 11.0 Å². The van der Waals surface area contributed by atoms with Crippen molar-refractivity contribution in [3.8, 4) is 5.75 Å². The summed E-state index contributed by atoms with van der Waals surface area (Å²) >= 11 is 0. The van der Waals surface area contributed by atoms with E-state index in [1.54, 1.807) is 36.4 Å². The number of hydrogen-bond acceptors (Lipinski definition) is 4. The quantitative estimate of drug-likeness (QED) is 0.619. The fourth-order valence-electron chi connectivity index (χ4n) is 2.30. The third-order valence-electron chi connectivity index (χ3n) is 3.28. The van der Waals surface area contributed by atoms with Gasteiger partial charge in [0, 0.05) is 12.1 Å². The summed E-state index contributed by atoms with van der Waals surface area (Å²) in [7, 11) is 0. The van der Waals surface area contributed by atoms with Gasteiger partial charge < -0.3 is 4.74 Å². The summed E-state index contributed by atoms with van der Waals surface area (Å²) in [5.74, 6) is 0.517. The molecule has 0 aliphatic carbocycles. The molecule has 5 heteroatoms. The molecule has 1 aliphatic rings. The molecule has 3 rings (SSSR count). The fraction of sp³-hybridized carbons (Fsp3) is 0.133. The molecule has 0 N–H and O–H groups in total. The minimum atomic E-state index is -0.475. The molecule has 2 aromatic rings. The van der Waals surface area contributed by atoms with E-state index in [1.807, 2.05) is 0 Å². The van der Waals surface area contributed by atoms with E-state index in [1.165, 1.54) is 12.1 Å². The highest BCUT2D eigenvalue weighted by Gasteiger charge is 2.27. The van der Waals surface area contributed by atoms with Crippen LogP contribution in [0.5, 0.6) is 5.75 Å². The summed E-state index contributed by atoms with van der Waals surface area (Å²) in [4.78, 5) is 22.4. The second-order valence-electron chi connectivity index (χ2n) is 4.58. The van der Waals surface area contributed by atoms with Gasteiger partial charge in [0.1, 0.15) is 11.9 Å². The number of para-hydroxylation sites is 1. The van der Waals surface area contributed by atoms with Crippen LogP contribution in [0.25, 0.3) is 0 Å². The van der Waals surface area contributed by atoms with Crippen molar-refractivity contribution in [2.75, 3.05) is 0 Å². The zero-order chi connectivity index (χ0) is 14.1. The van der Waals surface area contributed by atoms with Crippen LogP contribution < -0.4 is 4.74 Å². The number of ether oxygens (including phenoxy) is 1. The summed E-state index contributed by atoms with van der Waals surface area (Å²) in [5, 5.41) is 10.8. The standard InChI is InChI=1S/C15H11NO4/c17-13-9-15(20-14-7-2-1-6-12(13)14)10-4-3-5-11(8-10)16(18)19/h1-8,15H,9H2. The Kier molecular flexibility index (Phi) is 2.95. The van der Waals surface area contributed by atoms with Crippen LogP contribution in [-0.2, 0) is 0 Å². The van der Waals surface area contributed by atoms with Gasteiger partial charge in [-0.25, -0.2) is 0 Å². The number of non-ortho nitro benzene ring substituents is 1. The Labute approximate surface area is 115 Å². The molecule has 1 atom stereocenters. The predicted molar refractivity (Wildman–Crippen MR) is 71.9 cm³/mol. The van der Waals surface area contributed by atoms with E-state index in [0.717, 1.165) is 0 Å². The Morgan fingerprint density at radius 2 is 1.95 bits per heavy atom. The van der Waals surface area contributed by atoms with E-state index in [4.69, 9.17) is 4.74 Å². The lowest BCUT2D eigenvalue weighted by Crippen LogP contribution is -2.20. The molecular weight excluding hydrogens is 258 g/mol. The normalized spacial score (nSPS) is 17.2. The number of nitrogens with zero attached hydrogens (tertiary/aromatic N) is 1. The summed E-state index contributed by atoms with van der Waals surface area (Å²) in [6.45, 7) is 0. The van der Waals surface area contributed by atoms with E-state index in [9.17, 15) is 14.9 Å². The molecule has 1 unspecified atom stereocenters. The fourth-order valence-corrected chi connectivity index (χ4v) is 2.30. The van der Waals surface area contributed by atoms with Crippen molar-refractivity contribution in [1.29, 1.82) is 0 Å². The number of nitro benzene ring substituents is 1. The first-order valence-corrected chi connectivity index (χ1v) is 6.18. The number of carbonyl (C=O) groups is 1. The van der Waals surface area contributed by atoms with Crippen molar-refractivity contribution in [2.24, 2.45) is 0 Å². The van der Waals surface area contributed by atoms with E-state index >= 15 is 0 Å². The Hall–Kier alpha value is -2.69. The average Bonchev–Trinajstić information content (AvgIpc) is 2.47. The van der Waals surface area contributed by atoms with Crippen molar-refractivity contribution < 1.29 is 14.5 Å². The minimum Gasteiger partial charge on any atom is -0.484 e. The summed E-state index contributed by atoms with van der Waals surface area (Å²) in [5.41, 5.74) is 1.20. The monoisotopic (exact) mass is 269 g/mol. The Morgan fingerprint density at radius 3 is 2.75 bits per heavy atom. The smallest absolute Gasteiger partial charge is 0.269 e. The van der Waals surface area contributed by atoms with Gasteiger partial charge in [-0.15, -0.1) is 0 Å². The van der Waals surface area contributed by atoms with Gasteiger partial charge in [-0.05, 0) is 17.7 Å². The lowest BCUT2D eigenvalue weighted by molar-refractivity contribution is -0.385. The lowest BCUT2D eigenvalue weighted by atomic mass is 9.96. The third kappa shape index (κ3) is 2.14. The van der Waals surface area contributed by atoms with Crippen LogP contribution in [0, 0.1) is 10.1 Å². The first kappa shape index (κ1) is 12.3. The molecule has 1 aliphatic heterocycles. The summed E-state index contributed by atoms with van der Waals surface area (Å²) < 4.78 is 5.78. The van der Waals surface area contributed by atoms with Crippen LogP contribution in [0.2, 0.25) is 0 Å². The van der Waals surface area contributed by atoms with Crippen molar-refractivity contribution in [3.05, 3.63) is 69.8 Å². The largest absolute Gasteiger partial charge is 0.484 e. The van der Waals surface area contributed by atoms with Crippen molar-refractivity contribution in [3.63, 3.8) is 0 Å². The zero-order valence-corrected chi connectivity index (χ0v) is 10.5. The van der Waals surface area contributed by atoms with Crippen LogP contribution in [-0.4, -0.2) is 10.7 Å². The minimum absolute atomic E-state index is 0.00240. The van der Waals surface area contributed by atoms with Gasteiger partial charge in [0.2, 0.25) is 0 Å². The highest BCUT2D eigenvalue weighted by molar-refractivity contribution is 5.99. The SMILES string of the molecule is O=C1CC(c2cccc([N+](=O)[O-])c2)Oc2ccccc21. The molecule has 1 heterocycles. The number of Topliss-reactive ketones (excluding diaryl/α,β-unsaturated/α-hetero) is 1. The molecule has 20 heavy (non-hydrogen) atoms. The molecule has 5 nitrogen and oxygen atoms in total. The number of fused-ring (bicyclic) bond motifs is 1. The van der Waals surface area contributed by atoms with Gasteiger partial charge in [-0.2, -0.15) is 0 Å². The lowest BCUT2D eigenvalue weighted by Gasteiger charge is -2.25. The maximum atomic E-state index is 12.1. The average molecular weight is 269 g/mol. The molecule has 0 saturated heterocycles. The second kappa shape index (κ2) is 4.77. The molecule has 0 fully saturated rings. The summed E-state index contributed by atoms with van der Waals surface area (Å²) in [6, 6.07) is 13.2. The molecular formula is C15H11NO4. The van der Waals surface area contributed by atoms with E-state index in [-0.39, 0.29) is 17.9 Å². The van der Waals surface area contributed by atoms with Crippen LogP contribution in [0.1, 0.15) is 28.4 Å². The van der Waals surface area contributed by atoms with Gasteiger partial charge in [0.05, 0.1) is 16.9 Å². The molecule has 0 spiro atoms. The molecule has 0 amide bonds. The van der Waals surface area contributed by atoms with Crippen LogP contribution in [0.3, 0.4) is 0 Å². The number of hydrogen-bond donors (Lipinski definition) is 0. The highest BCUT2D eigenvalue weighted by Crippen LogP contribution is 2.35. The topological polar surface area (TPSA) is 69.4 Å². The van der Waals surface area contributed by atoms with Gasteiger partial charge in [-0.1, -0.05) is 24.3 Å². The summed E-state index contributed by atoms with van der Waals surface area (Å²) in [6.07, 6.45) is -0.282. The van der Waals surface area contributed by atoms with Gasteiger partial charge >= 0.3 is 0 Å². The number of carbonyl (C=O) groups excluding carboxylic acids is 1. The Balaban J connectivity index is 1.95. The molecule has 2 aromatic carbocycles. The zero-order valence-electron chi connectivity index (χ0n) is 10.5. The van der Waals surface area contributed by atoms with Crippen LogP contribution >= 0.6 is 0 Å². The predicted octanol–water partition coefficient (Wildman–Crippen LogP) is 3.30. The van der Waals surface area contributed by atoms with Gasteiger partial charge in [0.15, 0.2) is 5.78 Å². The van der Waals surface area contributed by atoms with Gasteiger partial charge in [0.25, 0.3) is 5.69 Å². The van der Waals surface area contributed by atoms with Crippen molar-refractivity contribution in [1.82, 2.24) is 0 Å². The first-order chi connectivity index (χ1) is 9.65. The second-order valence-corrected chi connectivity index (χ2v) is 4.58. The number of ketones is 1. The maximum absolute atomic E-state index is 12.1. The Bertz CT molecular complexity index is 696. The number of benzene rings is 2. The van der Waals surface area contributed by atoms with Crippen molar-refractivity contribution >= 4 is 11.5 Å². The highest BCUT2D eigenvalue weighted by atomic mass is 16.6. The Morgan fingerprint density at radius 1 is 1.15 bits per heavy atom. The third-order valence-corrected chi connectivity index (χ3v) is 3.28. The van der Waals surface area contributed by atoms with E-state index in [2.05, 4.69) is 0 Å². The molecule has 100 valence electrons. The molecule has 0 bridgehead atoms. The van der Waals surface area contributed by atoms with Crippen LogP contribution in [0.4, 0.5) is 5.69 Å². The number of nitro groups is 1. The van der Waals surface area contributed by atoms with Crippen LogP contribution in [0.15, 0.2) is 48.5 Å². The van der Waals surface area contributed by atoms with Crippen molar-refractivity contribution in [2.45, 2.75) is 12.5 Å². The first-order valence-electron chi connectivity index (χ1n) is 6.18. The molecule has 0 radical (unpaired) electrons. The number of rotatable bonds is 2. The molecule has 0 saturated carbocycles. The molecule has 0 aromatic heterocycles. The maximum Gasteiger partial charge on any atom is 0.269 e. The van der Waals surface area contributed by atoms with E-state index in [0.29, 0.717) is 16.9 Å². The van der Waals surface area contributed by atoms with Gasteiger partial charge in [-0.3, -0.25) is 14.9 Å².